The van der Waals surface area contributed by atoms with Gasteiger partial charge in [0.2, 0.25) is 0 Å². The summed E-state index contributed by atoms with van der Waals surface area (Å²) in [4.78, 5) is 11.5. The van der Waals surface area contributed by atoms with Gasteiger partial charge in [-0.2, -0.15) is 0 Å². The van der Waals surface area contributed by atoms with Gasteiger partial charge in [-0.3, -0.25) is 0 Å². The number of amides is 1. The third kappa shape index (κ3) is 7.12. The molecule has 0 fully saturated rings. The molecule has 0 saturated carbocycles. The van der Waals surface area contributed by atoms with Crippen LogP contribution in [0.1, 0.15) is 20.8 Å². The van der Waals surface area contributed by atoms with Crippen molar-refractivity contribution in [2.75, 3.05) is 25.5 Å². The van der Waals surface area contributed by atoms with E-state index in [2.05, 4.69) is 16.0 Å². The minimum Gasteiger partial charge on any atom is -0.495 e. The average Bonchev–Trinajstić information content (AvgIpc) is 2.42. The number of thiocarbonyl (C=S) groups is 1. The molecule has 1 rings (SSSR count). The van der Waals surface area contributed by atoms with Crippen LogP contribution in [-0.4, -0.2) is 37.0 Å². The van der Waals surface area contributed by atoms with Gasteiger partial charge in [0.15, 0.2) is 5.11 Å². The number of benzene rings is 1. The minimum absolute atomic E-state index is 0.405. The normalized spacial score (nSPS) is 10.5. The summed E-state index contributed by atoms with van der Waals surface area (Å²) in [6, 6.07) is 7.48. The van der Waals surface area contributed by atoms with Gasteiger partial charge >= 0.3 is 6.09 Å². The van der Waals surface area contributed by atoms with E-state index in [9.17, 15) is 4.79 Å². The van der Waals surface area contributed by atoms with Crippen molar-refractivity contribution in [3.05, 3.63) is 24.3 Å². The van der Waals surface area contributed by atoms with Gasteiger partial charge in [-0.25, -0.2) is 4.79 Å². The van der Waals surface area contributed by atoms with Gasteiger partial charge in [-0.1, -0.05) is 12.1 Å². The van der Waals surface area contributed by atoms with Crippen LogP contribution in [-0.2, 0) is 4.74 Å². The molecule has 7 heteroatoms. The Morgan fingerprint density at radius 2 is 1.82 bits per heavy atom. The highest BCUT2D eigenvalue weighted by atomic mass is 32.1. The molecule has 0 bridgehead atoms. The Bertz CT molecular complexity index is 515. The predicted octanol–water partition coefficient (Wildman–Crippen LogP) is 2.51. The number of carbonyl (C=O) groups is 1. The highest BCUT2D eigenvalue weighted by molar-refractivity contribution is 7.80. The summed E-state index contributed by atoms with van der Waals surface area (Å²) in [5.74, 6) is 0.707. The number of rotatable bonds is 5. The number of alkyl carbamates (subject to hydrolysis) is 1. The summed E-state index contributed by atoms with van der Waals surface area (Å²) >= 11 is 5.19. The minimum atomic E-state index is -0.502. The first-order chi connectivity index (χ1) is 10.3. The lowest BCUT2D eigenvalue weighted by Gasteiger charge is -2.19. The lowest BCUT2D eigenvalue weighted by atomic mass is 10.2. The van der Waals surface area contributed by atoms with Gasteiger partial charge in [0.25, 0.3) is 0 Å². The molecule has 0 aliphatic rings. The Labute approximate surface area is 136 Å². The highest BCUT2D eigenvalue weighted by Gasteiger charge is 2.15. The van der Waals surface area contributed by atoms with Crippen molar-refractivity contribution in [3.8, 4) is 5.75 Å². The SMILES string of the molecule is COc1ccccc1NC(=S)NCCNC(=O)OC(C)(C)C. The van der Waals surface area contributed by atoms with Gasteiger partial charge in [0.05, 0.1) is 12.8 Å². The van der Waals surface area contributed by atoms with Crippen LogP contribution in [0, 0.1) is 0 Å². The molecule has 1 amide bonds. The van der Waals surface area contributed by atoms with Crippen LogP contribution < -0.4 is 20.7 Å². The Hall–Kier alpha value is -2.02. The summed E-state index contributed by atoms with van der Waals surface area (Å²) < 4.78 is 10.4. The summed E-state index contributed by atoms with van der Waals surface area (Å²) in [7, 11) is 1.60. The van der Waals surface area contributed by atoms with Gasteiger partial charge in [-0.15, -0.1) is 0 Å². The van der Waals surface area contributed by atoms with Crippen molar-refractivity contribution in [1.82, 2.24) is 10.6 Å². The van der Waals surface area contributed by atoms with E-state index in [0.29, 0.717) is 24.0 Å². The number of anilines is 1. The maximum absolute atomic E-state index is 11.5. The van der Waals surface area contributed by atoms with Crippen LogP contribution in [0.25, 0.3) is 0 Å². The number of ether oxygens (including phenoxy) is 2. The quantitative estimate of drug-likeness (QED) is 0.571. The largest absolute Gasteiger partial charge is 0.495 e. The third-order valence-electron chi connectivity index (χ3n) is 2.43. The fraction of sp³-hybridized carbons (Fsp3) is 0.467. The lowest BCUT2D eigenvalue weighted by Crippen LogP contribution is -2.39. The maximum atomic E-state index is 11.5. The molecule has 3 N–H and O–H groups in total. The zero-order valence-electron chi connectivity index (χ0n) is 13.4. The van der Waals surface area contributed by atoms with Crippen LogP contribution >= 0.6 is 12.2 Å². The zero-order valence-corrected chi connectivity index (χ0v) is 14.2. The molecular formula is C15H23N3O3S. The van der Waals surface area contributed by atoms with E-state index in [1.807, 2.05) is 45.0 Å². The van der Waals surface area contributed by atoms with Gasteiger partial charge in [-0.05, 0) is 45.1 Å². The van der Waals surface area contributed by atoms with Crippen molar-refractivity contribution >= 4 is 29.1 Å². The van der Waals surface area contributed by atoms with E-state index in [1.54, 1.807) is 7.11 Å². The molecule has 0 aromatic heterocycles. The number of carbonyl (C=O) groups excluding carboxylic acids is 1. The molecule has 0 spiro atoms. The first kappa shape index (κ1) is 18.0. The van der Waals surface area contributed by atoms with Gasteiger partial charge < -0.3 is 25.4 Å². The summed E-state index contributed by atoms with van der Waals surface area (Å²) in [6.07, 6.45) is -0.446. The Balaban J connectivity index is 2.28. The highest BCUT2D eigenvalue weighted by Crippen LogP contribution is 2.22. The molecule has 1 aromatic rings. The molecular weight excluding hydrogens is 302 g/mol. The van der Waals surface area contributed by atoms with E-state index in [0.717, 1.165) is 5.69 Å². The number of para-hydroxylation sites is 2. The number of methoxy groups -OCH3 is 1. The smallest absolute Gasteiger partial charge is 0.407 e. The zero-order chi connectivity index (χ0) is 16.6. The first-order valence-electron chi connectivity index (χ1n) is 6.96. The van der Waals surface area contributed by atoms with Gasteiger partial charge in [0.1, 0.15) is 11.4 Å². The van der Waals surface area contributed by atoms with Crippen molar-refractivity contribution in [2.45, 2.75) is 26.4 Å². The Kier molecular flexibility index (Phi) is 6.91. The van der Waals surface area contributed by atoms with Crippen molar-refractivity contribution in [1.29, 1.82) is 0 Å². The van der Waals surface area contributed by atoms with Crippen molar-refractivity contribution < 1.29 is 14.3 Å². The molecule has 1 aromatic carbocycles. The monoisotopic (exact) mass is 325 g/mol. The Morgan fingerprint density at radius 1 is 1.18 bits per heavy atom. The number of hydrogen-bond acceptors (Lipinski definition) is 4. The standard InChI is InChI=1S/C15H23N3O3S/c1-15(2,3)21-14(19)17-10-9-16-13(22)18-11-7-5-6-8-12(11)20-4/h5-8H,9-10H2,1-4H3,(H,17,19)(H2,16,18,22). The van der Waals surface area contributed by atoms with E-state index in [4.69, 9.17) is 21.7 Å². The fourth-order valence-corrected chi connectivity index (χ4v) is 1.78. The summed E-state index contributed by atoms with van der Waals surface area (Å²) in [5.41, 5.74) is 0.278. The lowest BCUT2D eigenvalue weighted by molar-refractivity contribution is 0.0529. The predicted molar refractivity (Wildman–Crippen MR) is 91.5 cm³/mol. The van der Waals surface area contributed by atoms with E-state index in [1.165, 1.54) is 0 Å². The van der Waals surface area contributed by atoms with E-state index in [-0.39, 0.29) is 0 Å². The molecule has 6 nitrogen and oxygen atoms in total. The molecule has 0 heterocycles. The Morgan fingerprint density at radius 3 is 2.45 bits per heavy atom. The van der Waals surface area contributed by atoms with Crippen molar-refractivity contribution in [2.24, 2.45) is 0 Å². The van der Waals surface area contributed by atoms with E-state index >= 15 is 0 Å². The van der Waals surface area contributed by atoms with Crippen LogP contribution in [0.15, 0.2) is 24.3 Å². The van der Waals surface area contributed by atoms with Crippen LogP contribution in [0.4, 0.5) is 10.5 Å². The maximum Gasteiger partial charge on any atom is 0.407 e. The van der Waals surface area contributed by atoms with Crippen LogP contribution in [0.3, 0.4) is 0 Å². The molecule has 0 atom stereocenters. The summed E-state index contributed by atoms with van der Waals surface area (Å²) in [6.45, 7) is 6.34. The molecule has 0 unspecified atom stereocenters. The molecule has 0 aliphatic heterocycles. The molecule has 22 heavy (non-hydrogen) atoms. The van der Waals surface area contributed by atoms with Gasteiger partial charge in [0, 0.05) is 13.1 Å². The van der Waals surface area contributed by atoms with Crippen LogP contribution in [0.2, 0.25) is 0 Å². The van der Waals surface area contributed by atoms with Crippen LogP contribution in [0.5, 0.6) is 5.75 Å². The second-order valence-electron chi connectivity index (χ2n) is 5.51. The second kappa shape index (κ2) is 8.43. The third-order valence-corrected chi connectivity index (χ3v) is 2.68. The summed E-state index contributed by atoms with van der Waals surface area (Å²) in [5, 5.41) is 9.13. The fourth-order valence-electron chi connectivity index (χ4n) is 1.57. The first-order valence-corrected chi connectivity index (χ1v) is 7.37. The molecule has 0 radical (unpaired) electrons. The average molecular weight is 325 g/mol. The van der Waals surface area contributed by atoms with E-state index < -0.39 is 11.7 Å². The van der Waals surface area contributed by atoms with Crippen molar-refractivity contribution in [3.63, 3.8) is 0 Å². The topological polar surface area (TPSA) is 71.6 Å². The number of hydrogen-bond donors (Lipinski definition) is 3. The second-order valence-corrected chi connectivity index (χ2v) is 5.92. The molecule has 0 saturated heterocycles. The number of nitrogens with one attached hydrogen (secondary N) is 3. The molecule has 122 valence electrons. The molecule has 0 aliphatic carbocycles.